The smallest absolute Gasteiger partial charge is 0.137 e. The lowest BCUT2D eigenvalue weighted by atomic mass is 9.77. The zero-order valence-corrected chi connectivity index (χ0v) is 30.8. The molecule has 2 aliphatic rings. The second-order valence-corrected chi connectivity index (χ2v) is 15.8. The number of fused-ring (bicyclic) bond motifs is 6. The zero-order chi connectivity index (χ0) is 36.3. The summed E-state index contributed by atoms with van der Waals surface area (Å²) >= 11 is 0. The molecule has 1 heterocycles. The van der Waals surface area contributed by atoms with Gasteiger partial charge in [0.2, 0.25) is 0 Å². The molecule has 0 unspecified atom stereocenters. The molecule has 9 aromatic rings. The van der Waals surface area contributed by atoms with Gasteiger partial charge in [0.15, 0.2) is 0 Å². The van der Waals surface area contributed by atoms with Crippen molar-refractivity contribution in [2.45, 2.75) is 37.5 Å². The van der Waals surface area contributed by atoms with Crippen molar-refractivity contribution in [3.05, 3.63) is 188 Å². The predicted octanol–water partition coefficient (Wildman–Crippen LogP) is 15.0. The van der Waals surface area contributed by atoms with Crippen LogP contribution in [0.25, 0.3) is 66.1 Å². The number of benzene rings is 8. The van der Waals surface area contributed by atoms with E-state index in [1.54, 1.807) is 5.56 Å². The van der Waals surface area contributed by atoms with Gasteiger partial charge in [-0.2, -0.15) is 0 Å². The van der Waals surface area contributed by atoms with Gasteiger partial charge in [0.1, 0.15) is 11.2 Å². The number of nitrogens with zero attached hydrogens (tertiary/aromatic N) is 1. The van der Waals surface area contributed by atoms with Gasteiger partial charge in [-0.25, -0.2) is 0 Å². The predicted molar refractivity (Wildman–Crippen MR) is 230 cm³/mol. The number of furan rings is 1. The molecule has 1 aromatic heterocycles. The molecule has 0 atom stereocenters. The van der Waals surface area contributed by atoms with Crippen molar-refractivity contribution in [2.75, 3.05) is 4.90 Å². The fourth-order valence-electron chi connectivity index (χ4n) is 10.0. The van der Waals surface area contributed by atoms with E-state index in [4.69, 9.17) is 4.42 Å². The minimum absolute atomic E-state index is 0.430. The summed E-state index contributed by atoms with van der Waals surface area (Å²) in [5.74, 6) is 0.947. The van der Waals surface area contributed by atoms with Crippen molar-refractivity contribution < 1.29 is 4.42 Å². The number of para-hydroxylation sites is 1. The first-order valence-corrected chi connectivity index (χ1v) is 19.8. The maximum Gasteiger partial charge on any atom is 0.137 e. The summed E-state index contributed by atoms with van der Waals surface area (Å²) in [5.41, 5.74) is 14.4. The fraction of sp³-hybridized carbons (Fsp3) is 0.132. The molecular weight excluding hydrogens is 667 g/mol. The molecular formula is C53H41NO. The quantitative estimate of drug-likeness (QED) is 0.164. The lowest BCUT2D eigenvalue weighted by Crippen LogP contribution is -2.19. The number of anilines is 3. The van der Waals surface area contributed by atoms with E-state index in [-0.39, 0.29) is 0 Å². The topological polar surface area (TPSA) is 16.4 Å². The minimum Gasteiger partial charge on any atom is -0.456 e. The molecule has 0 radical (unpaired) electrons. The van der Waals surface area contributed by atoms with Gasteiger partial charge in [-0.15, -0.1) is 0 Å². The Morgan fingerprint density at radius 3 is 1.67 bits per heavy atom. The second kappa shape index (κ2) is 12.9. The van der Waals surface area contributed by atoms with Crippen molar-refractivity contribution in [3.8, 4) is 33.4 Å². The molecule has 2 fully saturated rings. The Labute approximate surface area is 322 Å². The lowest BCUT2D eigenvalue weighted by molar-refractivity contribution is 0.419. The highest BCUT2D eigenvalue weighted by molar-refractivity contribution is 6.13. The van der Waals surface area contributed by atoms with Gasteiger partial charge < -0.3 is 9.32 Å². The molecule has 0 amide bonds. The molecule has 8 aromatic carbocycles. The molecule has 2 aliphatic carbocycles. The van der Waals surface area contributed by atoms with Gasteiger partial charge in [-0.05, 0) is 136 Å². The lowest BCUT2D eigenvalue weighted by Gasteiger charge is -2.27. The molecule has 0 saturated heterocycles. The molecule has 0 spiro atoms. The Kier molecular flexibility index (Phi) is 7.52. The Hall–Kier alpha value is -6.38. The van der Waals surface area contributed by atoms with Crippen LogP contribution in [0.2, 0.25) is 0 Å². The number of hydrogen-bond acceptors (Lipinski definition) is 2. The van der Waals surface area contributed by atoms with E-state index < -0.39 is 0 Å². The third-order valence-corrected chi connectivity index (χ3v) is 12.7. The molecule has 11 rings (SSSR count). The molecule has 2 nitrogen and oxygen atoms in total. The van der Waals surface area contributed by atoms with Gasteiger partial charge >= 0.3 is 0 Å². The van der Waals surface area contributed by atoms with Crippen LogP contribution in [0.4, 0.5) is 17.1 Å². The van der Waals surface area contributed by atoms with E-state index >= 15 is 0 Å². The summed E-state index contributed by atoms with van der Waals surface area (Å²) in [6, 6.07) is 66.4. The second-order valence-electron chi connectivity index (χ2n) is 15.8. The summed E-state index contributed by atoms with van der Waals surface area (Å²) in [5, 5.41) is 4.74. The third kappa shape index (κ3) is 5.39. The van der Waals surface area contributed by atoms with Gasteiger partial charge in [0, 0.05) is 16.8 Å². The third-order valence-electron chi connectivity index (χ3n) is 12.7. The first-order valence-electron chi connectivity index (χ1n) is 19.8. The number of hydrogen-bond donors (Lipinski definition) is 0. The van der Waals surface area contributed by atoms with Crippen molar-refractivity contribution in [2.24, 2.45) is 5.92 Å². The van der Waals surface area contributed by atoms with E-state index in [1.807, 2.05) is 6.07 Å². The first kappa shape index (κ1) is 32.1. The average molecular weight is 708 g/mol. The monoisotopic (exact) mass is 707 g/mol. The Morgan fingerprint density at radius 1 is 0.455 bits per heavy atom. The van der Waals surface area contributed by atoms with Crippen LogP contribution in [0.3, 0.4) is 0 Å². The Bertz CT molecular complexity index is 2820. The van der Waals surface area contributed by atoms with Crippen LogP contribution in [0.5, 0.6) is 0 Å². The minimum atomic E-state index is 0.430. The van der Waals surface area contributed by atoms with Crippen LogP contribution in [-0.4, -0.2) is 0 Å². The van der Waals surface area contributed by atoms with Crippen LogP contribution < -0.4 is 4.90 Å². The van der Waals surface area contributed by atoms with Gasteiger partial charge in [-0.1, -0.05) is 140 Å². The highest BCUT2D eigenvalue weighted by Crippen LogP contribution is 2.55. The largest absolute Gasteiger partial charge is 0.456 e. The number of rotatable bonds is 7. The van der Waals surface area contributed by atoms with E-state index in [0.717, 1.165) is 44.9 Å². The average Bonchev–Trinajstić information content (AvgIpc) is 3.99. The Balaban J connectivity index is 1.01. The summed E-state index contributed by atoms with van der Waals surface area (Å²) in [6.45, 7) is 0. The summed E-state index contributed by atoms with van der Waals surface area (Å²) < 4.78 is 6.39. The SMILES string of the molecule is c1ccc(-c2cccc3cccc(-c4ccc(N(c5ccc(-c6ccc(C78CCC(CC7)C8)cc6)cc5)c5cccc6oc7ccccc7c56)cc4)c23)cc1. The highest BCUT2D eigenvalue weighted by atomic mass is 16.3. The zero-order valence-electron chi connectivity index (χ0n) is 30.8. The van der Waals surface area contributed by atoms with E-state index in [1.165, 1.54) is 76.3 Å². The van der Waals surface area contributed by atoms with Crippen molar-refractivity contribution in [1.82, 2.24) is 0 Å². The van der Waals surface area contributed by atoms with Crippen LogP contribution >= 0.6 is 0 Å². The van der Waals surface area contributed by atoms with Crippen LogP contribution in [-0.2, 0) is 5.41 Å². The molecule has 264 valence electrons. The normalized spacial score (nSPS) is 17.7. The van der Waals surface area contributed by atoms with E-state index in [2.05, 4.69) is 181 Å². The molecule has 0 aliphatic heterocycles. The molecule has 0 N–H and O–H groups in total. The standard InChI is InChI=1S/C53H41NO/c1-2-9-39(10-3-1)45-14-6-11-41-12-7-15-46(51(41)45)40-23-29-44(30-24-40)54(48-16-8-18-50-52(48)47-13-4-5-17-49(47)55-50)43-27-21-38(22-28-43)37-19-25-42(26-20-37)53-33-31-36(35-53)32-34-53/h1-30,36H,31-35H2. The molecule has 2 saturated carbocycles. The highest BCUT2D eigenvalue weighted by Gasteiger charge is 2.45. The van der Waals surface area contributed by atoms with Crippen LogP contribution in [0.15, 0.2) is 186 Å². The summed E-state index contributed by atoms with van der Waals surface area (Å²) in [6.07, 6.45) is 6.91. The van der Waals surface area contributed by atoms with Gasteiger partial charge in [0.25, 0.3) is 0 Å². The van der Waals surface area contributed by atoms with Gasteiger partial charge in [-0.3, -0.25) is 0 Å². The summed E-state index contributed by atoms with van der Waals surface area (Å²) in [4.78, 5) is 2.38. The van der Waals surface area contributed by atoms with Crippen LogP contribution in [0, 0.1) is 5.92 Å². The van der Waals surface area contributed by atoms with Gasteiger partial charge in [0.05, 0.1) is 11.1 Å². The first-order chi connectivity index (χ1) is 27.2. The van der Waals surface area contributed by atoms with Crippen molar-refractivity contribution >= 4 is 49.8 Å². The molecule has 2 bridgehead atoms. The van der Waals surface area contributed by atoms with Crippen LogP contribution in [0.1, 0.15) is 37.7 Å². The summed E-state index contributed by atoms with van der Waals surface area (Å²) in [7, 11) is 0. The van der Waals surface area contributed by atoms with Crippen molar-refractivity contribution in [1.29, 1.82) is 0 Å². The molecule has 2 heteroatoms. The van der Waals surface area contributed by atoms with Crippen molar-refractivity contribution in [3.63, 3.8) is 0 Å². The van der Waals surface area contributed by atoms with E-state index in [9.17, 15) is 0 Å². The Morgan fingerprint density at radius 2 is 1.02 bits per heavy atom. The molecule has 55 heavy (non-hydrogen) atoms. The maximum atomic E-state index is 6.39. The fourth-order valence-corrected chi connectivity index (χ4v) is 10.0. The van der Waals surface area contributed by atoms with E-state index in [0.29, 0.717) is 5.41 Å². The maximum absolute atomic E-state index is 6.39.